The van der Waals surface area contributed by atoms with Gasteiger partial charge in [-0.25, -0.2) is 4.79 Å². The largest absolute Gasteiger partial charge is 0.494 e. The van der Waals surface area contributed by atoms with E-state index in [9.17, 15) is 4.79 Å². The first-order valence-electron chi connectivity index (χ1n) is 10.5. The van der Waals surface area contributed by atoms with Crippen LogP contribution in [0.3, 0.4) is 0 Å². The third kappa shape index (κ3) is 7.78. The first-order chi connectivity index (χ1) is 14.2. The van der Waals surface area contributed by atoms with Crippen LogP contribution in [0.2, 0.25) is 0 Å². The number of rotatable bonds is 13. The molecule has 0 saturated carbocycles. The molecule has 0 spiro atoms. The van der Waals surface area contributed by atoms with E-state index in [4.69, 9.17) is 18.9 Å². The second-order valence-corrected chi connectivity index (χ2v) is 7.27. The van der Waals surface area contributed by atoms with Crippen molar-refractivity contribution in [1.29, 1.82) is 0 Å². The van der Waals surface area contributed by atoms with Gasteiger partial charge in [0.2, 0.25) is 0 Å². The number of esters is 1. The Morgan fingerprint density at radius 3 is 2.14 bits per heavy atom. The van der Waals surface area contributed by atoms with Gasteiger partial charge in [-0.2, -0.15) is 0 Å². The van der Waals surface area contributed by atoms with Crippen molar-refractivity contribution in [1.82, 2.24) is 0 Å². The average Bonchev–Trinajstić information content (AvgIpc) is 3.58. The molecule has 1 aliphatic heterocycles. The van der Waals surface area contributed by atoms with E-state index in [1.807, 2.05) is 12.1 Å². The zero-order chi connectivity index (χ0) is 20.3. The van der Waals surface area contributed by atoms with E-state index in [2.05, 4.69) is 6.92 Å². The van der Waals surface area contributed by atoms with Crippen molar-refractivity contribution in [2.24, 2.45) is 0 Å². The fraction of sp³-hybridized carbons (Fsp3) is 0.458. The molecule has 0 aromatic heterocycles. The Morgan fingerprint density at radius 1 is 0.862 bits per heavy atom. The van der Waals surface area contributed by atoms with Gasteiger partial charge < -0.3 is 18.9 Å². The van der Waals surface area contributed by atoms with Gasteiger partial charge in [-0.3, -0.25) is 0 Å². The van der Waals surface area contributed by atoms with Crippen LogP contribution in [0.15, 0.2) is 48.5 Å². The van der Waals surface area contributed by atoms with Gasteiger partial charge >= 0.3 is 5.97 Å². The van der Waals surface area contributed by atoms with Crippen LogP contribution in [-0.2, 0) is 4.74 Å². The molecule has 0 amide bonds. The van der Waals surface area contributed by atoms with Crippen molar-refractivity contribution in [3.05, 3.63) is 54.1 Å². The smallest absolute Gasteiger partial charge is 0.343 e. The van der Waals surface area contributed by atoms with Crippen LogP contribution in [0.1, 0.15) is 55.8 Å². The minimum Gasteiger partial charge on any atom is -0.494 e. The van der Waals surface area contributed by atoms with Gasteiger partial charge in [-0.1, -0.05) is 39.0 Å². The maximum Gasteiger partial charge on any atom is 0.343 e. The minimum atomic E-state index is -0.400. The lowest BCUT2D eigenvalue weighted by molar-refractivity contribution is 0.0734. The van der Waals surface area contributed by atoms with Crippen molar-refractivity contribution in [2.75, 3.05) is 19.8 Å². The number of benzene rings is 2. The first-order valence-corrected chi connectivity index (χ1v) is 10.5. The molecule has 1 heterocycles. The molecular weight excluding hydrogens is 368 g/mol. The molecule has 0 bridgehead atoms. The van der Waals surface area contributed by atoms with E-state index in [0.29, 0.717) is 30.3 Å². The molecule has 1 aliphatic rings. The molecule has 1 unspecified atom stereocenters. The molecule has 2 aromatic carbocycles. The zero-order valence-corrected chi connectivity index (χ0v) is 17.1. The maximum absolute atomic E-state index is 12.3. The van der Waals surface area contributed by atoms with Crippen molar-refractivity contribution in [3.63, 3.8) is 0 Å². The molecule has 5 heteroatoms. The van der Waals surface area contributed by atoms with Crippen LogP contribution < -0.4 is 14.2 Å². The molecule has 5 nitrogen and oxygen atoms in total. The fourth-order valence-corrected chi connectivity index (χ4v) is 2.88. The van der Waals surface area contributed by atoms with Gasteiger partial charge in [0, 0.05) is 0 Å². The highest BCUT2D eigenvalue weighted by molar-refractivity contribution is 5.91. The van der Waals surface area contributed by atoms with Gasteiger partial charge in [-0.05, 0) is 55.0 Å². The van der Waals surface area contributed by atoms with E-state index in [1.54, 1.807) is 36.4 Å². The van der Waals surface area contributed by atoms with E-state index < -0.39 is 5.97 Å². The number of hydrogen-bond donors (Lipinski definition) is 0. The van der Waals surface area contributed by atoms with Gasteiger partial charge in [0.05, 0.1) is 18.8 Å². The van der Waals surface area contributed by atoms with E-state index >= 15 is 0 Å². The van der Waals surface area contributed by atoms with E-state index in [1.165, 1.54) is 32.1 Å². The molecule has 3 rings (SSSR count). The van der Waals surface area contributed by atoms with E-state index in [-0.39, 0.29) is 6.10 Å². The summed E-state index contributed by atoms with van der Waals surface area (Å²) in [6, 6.07) is 14.1. The fourth-order valence-electron chi connectivity index (χ4n) is 2.88. The Hall–Kier alpha value is -2.53. The number of carbonyl (C=O) groups excluding carboxylic acids is 1. The quantitative estimate of drug-likeness (QED) is 0.195. The van der Waals surface area contributed by atoms with Crippen molar-refractivity contribution in [2.45, 2.75) is 51.6 Å². The lowest BCUT2D eigenvalue weighted by Crippen LogP contribution is -2.09. The Morgan fingerprint density at radius 2 is 1.45 bits per heavy atom. The Kier molecular flexibility index (Phi) is 8.38. The van der Waals surface area contributed by atoms with E-state index in [0.717, 1.165) is 18.8 Å². The van der Waals surface area contributed by atoms with Gasteiger partial charge in [0.1, 0.15) is 30.0 Å². The maximum atomic E-state index is 12.3. The topological polar surface area (TPSA) is 57.3 Å². The van der Waals surface area contributed by atoms with Crippen molar-refractivity contribution < 1.29 is 23.7 Å². The second-order valence-electron chi connectivity index (χ2n) is 7.27. The van der Waals surface area contributed by atoms with Crippen LogP contribution in [-0.4, -0.2) is 31.9 Å². The third-order valence-electron chi connectivity index (χ3n) is 4.73. The summed E-state index contributed by atoms with van der Waals surface area (Å²) in [6.07, 6.45) is 7.63. The predicted molar refractivity (Wildman–Crippen MR) is 112 cm³/mol. The molecule has 0 aliphatic carbocycles. The summed E-state index contributed by atoms with van der Waals surface area (Å²) < 4.78 is 21.9. The summed E-state index contributed by atoms with van der Waals surface area (Å²) in [4.78, 5) is 12.3. The van der Waals surface area contributed by atoms with Crippen LogP contribution in [0.4, 0.5) is 0 Å². The number of epoxide rings is 1. The first kappa shape index (κ1) is 21.2. The monoisotopic (exact) mass is 398 g/mol. The molecule has 29 heavy (non-hydrogen) atoms. The minimum absolute atomic E-state index is 0.206. The third-order valence-corrected chi connectivity index (χ3v) is 4.73. The Labute approximate surface area is 172 Å². The highest BCUT2D eigenvalue weighted by Gasteiger charge is 2.23. The molecule has 0 N–H and O–H groups in total. The predicted octanol–water partition coefficient (Wildman–Crippen LogP) is 5.42. The Bertz CT molecular complexity index is 735. The lowest BCUT2D eigenvalue weighted by atomic mass is 10.1. The number of ether oxygens (including phenoxy) is 4. The van der Waals surface area contributed by atoms with Gasteiger partial charge in [-0.15, -0.1) is 0 Å². The lowest BCUT2D eigenvalue weighted by Gasteiger charge is -2.08. The van der Waals surface area contributed by atoms with Crippen molar-refractivity contribution in [3.8, 4) is 17.2 Å². The number of unbranched alkanes of at least 4 members (excludes halogenated alkanes) is 5. The van der Waals surface area contributed by atoms with Crippen LogP contribution in [0, 0.1) is 0 Å². The summed E-state index contributed by atoms with van der Waals surface area (Å²) in [6.45, 7) is 4.23. The molecule has 2 aromatic rings. The highest BCUT2D eigenvalue weighted by atomic mass is 16.6. The number of carbonyl (C=O) groups is 1. The molecule has 1 atom stereocenters. The Balaban J connectivity index is 1.37. The highest BCUT2D eigenvalue weighted by Crippen LogP contribution is 2.20. The summed E-state index contributed by atoms with van der Waals surface area (Å²) >= 11 is 0. The van der Waals surface area contributed by atoms with Crippen molar-refractivity contribution >= 4 is 5.97 Å². The van der Waals surface area contributed by atoms with Crippen LogP contribution >= 0.6 is 0 Å². The normalized spacial score (nSPS) is 15.0. The molecule has 156 valence electrons. The summed E-state index contributed by atoms with van der Waals surface area (Å²) in [5.41, 5.74) is 0.475. The SMILES string of the molecule is CCCCCCCCOc1ccc(OC(=O)c2ccc(OCC3CO3)cc2)cc1. The second kappa shape index (κ2) is 11.5. The summed E-state index contributed by atoms with van der Waals surface area (Å²) in [7, 11) is 0. The zero-order valence-electron chi connectivity index (χ0n) is 17.1. The molecule has 1 saturated heterocycles. The molecule has 0 radical (unpaired) electrons. The number of hydrogen-bond acceptors (Lipinski definition) is 5. The standard InChI is InChI=1S/C24H30O5/c1-2-3-4-5-6-7-16-26-20-12-14-22(15-13-20)29-24(25)19-8-10-21(11-9-19)27-17-23-18-28-23/h8-15,23H,2-7,16-18H2,1H3. The summed E-state index contributed by atoms with van der Waals surface area (Å²) in [5, 5.41) is 0. The molecule has 1 fully saturated rings. The van der Waals surface area contributed by atoms with Crippen LogP contribution in [0.5, 0.6) is 17.2 Å². The van der Waals surface area contributed by atoms with Crippen LogP contribution in [0.25, 0.3) is 0 Å². The summed E-state index contributed by atoms with van der Waals surface area (Å²) in [5.74, 6) is 1.60. The van der Waals surface area contributed by atoms with Gasteiger partial charge in [0.15, 0.2) is 0 Å². The average molecular weight is 398 g/mol. The van der Waals surface area contributed by atoms with Gasteiger partial charge in [0.25, 0.3) is 0 Å². The molecular formula is C24H30O5.